The van der Waals surface area contributed by atoms with E-state index in [4.69, 9.17) is 21.3 Å². The number of anilines is 1. The molecule has 0 saturated carbocycles. The number of amides is 1. The Morgan fingerprint density at radius 2 is 1.87 bits per heavy atom. The predicted molar refractivity (Wildman–Crippen MR) is 175 cm³/mol. The lowest BCUT2D eigenvalue weighted by molar-refractivity contribution is 0.0465. The molecule has 47 heavy (non-hydrogen) atoms. The van der Waals surface area contributed by atoms with Crippen molar-refractivity contribution >= 4 is 44.1 Å². The van der Waals surface area contributed by atoms with E-state index in [-0.39, 0.29) is 34.7 Å². The zero-order valence-corrected chi connectivity index (χ0v) is 27.7. The van der Waals surface area contributed by atoms with Crippen molar-refractivity contribution in [3.05, 3.63) is 74.9 Å². The average Bonchev–Trinajstić information content (AvgIpc) is 3.00. The van der Waals surface area contributed by atoms with Gasteiger partial charge in [0.05, 0.1) is 35.4 Å². The lowest BCUT2D eigenvalue weighted by Gasteiger charge is -2.31. The molecule has 4 heterocycles. The first kappa shape index (κ1) is 34.1. The summed E-state index contributed by atoms with van der Waals surface area (Å²) in [6, 6.07) is 9.52. The minimum Gasteiger partial charge on any atom is -0.474 e. The number of rotatable bonds is 10. The molecule has 5 rings (SSSR count). The Bertz CT molecular complexity index is 1970. The van der Waals surface area contributed by atoms with Gasteiger partial charge in [-0.1, -0.05) is 17.7 Å². The Labute approximate surface area is 275 Å². The summed E-state index contributed by atoms with van der Waals surface area (Å²) < 4.78 is 58.2. The summed E-state index contributed by atoms with van der Waals surface area (Å²) in [5.74, 6) is -0.209. The van der Waals surface area contributed by atoms with Crippen LogP contribution in [0.3, 0.4) is 0 Å². The van der Waals surface area contributed by atoms with E-state index in [9.17, 15) is 26.8 Å². The van der Waals surface area contributed by atoms with Crippen molar-refractivity contribution in [2.75, 3.05) is 31.2 Å². The van der Waals surface area contributed by atoms with Crippen molar-refractivity contribution in [1.29, 1.82) is 0 Å². The number of likely N-dealkylation sites (tertiary alicyclic amines) is 1. The summed E-state index contributed by atoms with van der Waals surface area (Å²) in [7, 11) is -2.24. The molecule has 0 unspecified atom stereocenters. The molecule has 16 heteroatoms. The number of halogens is 3. The normalized spacial score (nSPS) is 15.1. The molecular weight excluding hydrogens is 656 g/mol. The molecule has 2 N–H and O–H groups in total. The summed E-state index contributed by atoms with van der Waals surface area (Å²) in [4.78, 5) is 41.4. The molecule has 1 atom stereocenters. The number of nitrogens with zero attached hydrogens (tertiary/aromatic N) is 5. The third-order valence-electron chi connectivity index (χ3n) is 7.76. The van der Waals surface area contributed by atoms with Gasteiger partial charge in [-0.2, -0.15) is 0 Å². The van der Waals surface area contributed by atoms with Gasteiger partial charge in [0.2, 0.25) is 15.9 Å². The molecule has 4 aromatic rings. The van der Waals surface area contributed by atoms with Gasteiger partial charge in [-0.25, -0.2) is 36.9 Å². The van der Waals surface area contributed by atoms with Crippen LogP contribution in [0.1, 0.15) is 47.4 Å². The molecule has 0 radical (unpaired) electrons. The lowest BCUT2D eigenvalue weighted by Crippen LogP contribution is -2.40. The fourth-order valence-corrected chi connectivity index (χ4v) is 6.13. The van der Waals surface area contributed by atoms with Crippen LogP contribution in [0.25, 0.3) is 22.3 Å². The van der Waals surface area contributed by atoms with Crippen molar-refractivity contribution < 1.29 is 26.7 Å². The van der Waals surface area contributed by atoms with Crippen LogP contribution in [0.2, 0.25) is 5.15 Å². The lowest BCUT2D eigenvalue weighted by atomic mass is 10.0. The number of sulfonamides is 1. The third-order valence-corrected chi connectivity index (χ3v) is 8.53. The van der Waals surface area contributed by atoms with Gasteiger partial charge < -0.3 is 10.1 Å². The van der Waals surface area contributed by atoms with Gasteiger partial charge in [-0.3, -0.25) is 19.1 Å². The maximum absolute atomic E-state index is 13.6. The number of pyridine rings is 2. The van der Waals surface area contributed by atoms with E-state index in [1.54, 1.807) is 36.3 Å². The van der Waals surface area contributed by atoms with Crippen LogP contribution >= 0.6 is 11.6 Å². The molecule has 1 saturated heterocycles. The topological polar surface area (TPSA) is 148 Å². The number of aromatic nitrogens is 4. The number of ether oxygens (including phenoxy) is 1. The Hall–Kier alpha value is -4.21. The Kier molecular flexibility index (Phi) is 10.1. The SMILES string of the molecule is Cc1cc([C@@H](C)Nc2ccc(Cl)nc2C(=O)NS(C)(=O)=O)c2nc(-c3ccc(OC4CCN(CC(F)F)CC4)nc3)n(C)c(=O)c2c1. The van der Waals surface area contributed by atoms with Gasteiger partial charge in [-0.15, -0.1) is 0 Å². The minimum absolute atomic E-state index is 0.00191. The molecule has 1 amide bonds. The second kappa shape index (κ2) is 13.9. The molecule has 12 nitrogen and oxygen atoms in total. The highest BCUT2D eigenvalue weighted by atomic mass is 35.5. The number of nitrogens with one attached hydrogen (secondary N) is 2. The van der Waals surface area contributed by atoms with E-state index < -0.39 is 28.4 Å². The van der Waals surface area contributed by atoms with Crippen LogP contribution in [0, 0.1) is 6.92 Å². The number of hydrogen-bond acceptors (Lipinski definition) is 10. The molecule has 1 aliphatic rings. The van der Waals surface area contributed by atoms with Crippen LogP contribution in [-0.2, 0) is 17.1 Å². The largest absolute Gasteiger partial charge is 0.474 e. The number of carbonyl (C=O) groups excluding carboxylic acids is 1. The molecule has 0 aliphatic carbocycles. The van der Waals surface area contributed by atoms with Crippen molar-refractivity contribution in [2.24, 2.45) is 7.05 Å². The van der Waals surface area contributed by atoms with Gasteiger partial charge >= 0.3 is 0 Å². The van der Waals surface area contributed by atoms with Crippen LogP contribution in [0.15, 0.2) is 47.4 Å². The summed E-state index contributed by atoms with van der Waals surface area (Å²) in [5, 5.41) is 3.58. The smallest absolute Gasteiger partial charge is 0.285 e. The Morgan fingerprint density at radius 3 is 2.51 bits per heavy atom. The van der Waals surface area contributed by atoms with Gasteiger partial charge in [0.15, 0.2) is 5.69 Å². The highest BCUT2D eigenvalue weighted by molar-refractivity contribution is 7.89. The summed E-state index contributed by atoms with van der Waals surface area (Å²) in [5.41, 5.74) is 2.17. The predicted octanol–water partition coefficient (Wildman–Crippen LogP) is 4.32. The molecule has 1 fully saturated rings. The van der Waals surface area contributed by atoms with Crippen LogP contribution in [-0.4, -0.2) is 77.2 Å². The van der Waals surface area contributed by atoms with Gasteiger partial charge in [0, 0.05) is 43.5 Å². The molecule has 250 valence electrons. The van der Waals surface area contributed by atoms with Crippen LogP contribution in [0.5, 0.6) is 5.88 Å². The van der Waals surface area contributed by atoms with Crippen LogP contribution in [0.4, 0.5) is 14.5 Å². The standard InChI is InChI=1S/C31H34ClF2N7O5S/c1-17-13-21(18(2)36-23-6-7-24(32)37-28(23)30(42)39-47(4,44)45)27-22(14-17)31(43)40(3)29(38-27)19-5-8-26(35-15-19)46-20-9-11-41(12-10-20)16-25(33)34/h5-8,13-15,18,20,25,36H,9-12,16H2,1-4H3,(H,39,42)/t18-/m1/s1. The second-order valence-corrected chi connectivity index (χ2v) is 13.7. The van der Waals surface area contributed by atoms with E-state index in [0.717, 1.165) is 11.8 Å². The first-order valence-corrected chi connectivity index (χ1v) is 17.1. The number of hydrogen-bond donors (Lipinski definition) is 2. The van der Waals surface area contributed by atoms with Crippen molar-refractivity contribution in [3.63, 3.8) is 0 Å². The Balaban J connectivity index is 1.43. The van der Waals surface area contributed by atoms with E-state index in [2.05, 4.69) is 15.3 Å². The third kappa shape index (κ3) is 8.21. The van der Waals surface area contributed by atoms with Crippen molar-refractivity contribution in [1.82, 2.24) is 29.1 Å². The summed E-state index contributed by atoms with van der Waals surface area (Å²) >= 11 is 6.02. The fraction of sp³-hybridized carbons (Fsp3) is 0.387. The number of alkyl halides is 2. The molecule has 1 aliphatic heterocycles. The van der Waals surface area contributed by atoms with Gasteiger partial charge in [0.1, 0.15) is 17.1 Å². The van der Waals surface area contributed by atoms with Crippen molar-refractivity contribution in [2.45, 2.75) is 45.3 Å². The van der Waals surface area contributed by atoms with Gasteiger partial charge in [0.25, 0.3) is 17.9 Å². The first-order valence-electron chi connectivity index (χ1n) is 14.8. The van der Waals surface area contributed by atoms with E-state index in [1.165, 1.54) is 16.7 Å². The average molecular weight is 690 g/mol. The second-order valence-electron chi connectivity index (χ2n) is 11.5. The molecule has 0 spiro atoms. The first-order chi connectivity index (χ1) is 22.2. The molecule has 0 bridgehead atoms. The minimum atomic E-state index is -3.87. The quantitative estimate of drug-likeness (QED) is 0.231. The van der Waals surface area contributed by atoms with E-state index in [1.807, 2.05) is 24.6 Å². The summed E-state index contributed by atoms with van der Waals surface area (Å²) in [6.45, 7) is 4.47. The zero-order chi connectivity index (χ0) is 34.0. The van der Waals surface area contributed by atoms with E-state index in [0.29, 0.717) is 59.7 Å². The monoisotopic (exact) mass is 689 g/mol. The van der Waals surface area contributed by atoms with Gasteiger partial charge in [-0.05, 0) is 56.5 Å². The highest BCUT2D eigenvalue weighted by Gasteiger charge is 2.24. The summed E-state index contributed by atoms with van der Waals surface area (Å²) in [6.07, 6.45) is 1.14. The number of fused-ring (bicyclic) bond motifs is 1. The fourth-order valence-electron chi connectivity index (χ4n) is 5.55. The molecular formula is C31H34ClF2N7O5S. The maximum atomic E-state index is 13.6. The Morgan fingerprint density at radius 1 is 1.15 bits per heavy atom. The number of benzene rings is 1. The highest BCUT2D eigenvalue weighted by Crippen LogP contribution is 2.30. The van der Waals surface area contributed by atoms with Crippen LogP contribution < -0.4 is 20.3 Å². The molecule has 3 aromatic heterocycles. The number of piperidine rings is 1. The number of carbonyl (C=O) groups is 1. The zero-order valence-electron chi connectivity index (χ0n) is 26.1. The van der Waals surface area contributed by atoms with Crippen molar-refractivity contribution in [3.8, 4) is 17.3 Å². The molecule has 1 aromatic carbocycles. The van der Waals surface area contributed by atoms with E-state index >= 15 is 0 Å². The number of aryl methyl sites for hydroxylation is 1. The maximum Gasteiger partial charge on any atom is 0.285 e.